The lowest BCUT2D eigenvalue weighted by molar-refractivity contribution is -0.131. The van der Waals surface area contributed by atoms with Gasteiger partial charge in [0, 0.05) is 18.7 Å². The van der Waals surface area contributed by atoms with Crippen LogP contribution in [0.25, 0.3) is 0 Å². The Morgan fingerprint density at radius 2 is 1.74 bits per heavy atom. The lowest BCUT2D eigenvalue weighted by atomic mass is 9.73. The molecule has 2 N–H and O–H groups in total. The Balaban J connectivity index is 1.82. The maximum absolute atomic E-state index is 14.6. The summed E-state index contributed by atoms with van der Waals surface area (Å²) in [5.41, 5.74) is 0.930. The molecule has 1 aliphatic heterocycles. The number of likely N-dealkylation sites (N-methyl/N-ethyl adjacent to an activating group) is 1. The van der Waals surface area contributed by atoms with Gasteiger partial charge in [-0.25, -0.2) is 8.78 Å². The second-order valence-corrected chi connectivity index (χ2v) is 7.57. The first-order valence-corrected chi connectivity index (χ1v) is 9.01. The fourth-order valence-electron chi connectivity index (χ4n) is 3.94. The van der Waals surface area contributed by atoms with Crippen LogP contribution >= 0.6 is 0 Å². The van der Waals surface area contributed by atoms with E-state index in [2.05, 4.69) is 5.32 Å². The van der Waals surface area contributed by atoms with Gasteiger partial charge in [0.05, 0.1) is 11.5 Å². The Bertz CT molecular complexity index is 924. The first-order chi connectivity index (χ1) is 12.8. The zero-order chi connectivity index (χ0) is 19.3. The minimum Gasteiger partial charge on any atom is -0.346 e. The molecular weight excluding hydrogens is 348 g/mol. The van der Waals surface area contributed by atoms with E-state index in [4.69, 9.17) is 5.41 Å². The predicted octanol–water partition coefficient (Wildman–Crippen LogP) is 3.84. The molecule has 1 saturated heterocycles. The van der Waals surface area contributed by atoms with Crippen molar-refractivity contribution in [1.29, 1.82) is 5.41 Å². The van der Waals surface area contributed by atoms with Gasteiger partial charge in [0.2, 0.25) is 5.91 Å². The molecule has 1 heterocycles. The summed E-state index contributed by atoms with van der Waals surface area (Å²) in [5.74, 6) is -1.99. The molecule has 2 aromatic rings. The van der Waals surface area contributed by atoms with Crippen LogP contribution in [0, 0.1) is 17.0 Å². The monoisotopic (exact) mass is 369 g/mol. The number of halogens is 2. The van der Waals surface area contributed by atoms with Gasteiger partial charge in [0.25, 0.3) is 0 Å². The molecule has 140 valence electrons. The molecule has 0 radical (unpaired) electrons. The van der Waals surface area contributed by atoms with Crippen LogP contribution in [-0.2, 0) is 10.3 Å². The Labute approximate surface area is 156 Å². The number of amides is 1. The van der Waals surface area contributed by atoms with E-state index in [1.54, 1.807) is 6.92 Å². The maximum atomic E-state index is 14.6. The molecule has 2 aliphatic rings. The molecule has 2 aromatic carbocycles. The van der Waals surface area contributed by atoms with E-state index < -0.39 is 23.1 Å². The molecule has 2 atom stereocenters. The van der Waals surface area contributed by atoms with Crippen molar-refractivity contribution >= 4 is 11.9 Å². The van der Waals surface area contributed by atoms with Gasteiger partial charge in [-0.2, -0.15) is 0 Å². The first kappa shape index (κ1) is 17.6. The van der Waals surface area contributed by atoms with Crippen molar-refractivity contribution in [2.45, 2.75) is 37.1 Å². The van der Waals surface area contributed by atoms with E-state index in [1.807, 2.05) is 24.3 Å². The molecule has 27 heavy (non-hydrogen) atoms. The summed E-state index contributed by atoms with van der Waals surface area (Å²) < 4.78 is 28.0. The van der Waals surface area contributed by atoms with Crippen molar-refractivity contribution in [3.05, 3.63) is 70.8 Å². The van der Waals surface area contributed by atoms with Gasteiger partial charge in [-0.3, -0.25) is 15.1 Å². The number of rotatable bonds is 3. The summed E-state index contributed by atoms with van der Waals surface area (Å²) >= 11 is 0. The standard InChI is InChI=1S/C21H21F2N3O/c1-21(16-10-9-15(22)11-17(16)23)18(19(27)26(2)20(24)25-21)14-7-5-13(6-8-14)12-3-4-12/h5-12,18H,3-4H2,1-2H3,(H2,24,25)/t18-,21-/m1/s1. The number of carbonyl (C=O) groups excluding carboxylic acids is 1. The van der Waals surface area contributed by atoms with Crippen molar-refractivity contribution in [3.63, 3.8) is 0 Å². The van der Waals surface area contributed by atoms with Gasteiger partial charge in [0.15, 0.2) is 5.96 Å². The van der Waals surface area contributed by atoms with Gasteiger partial charge in [0.1, 0.15) is 11.6 Å². The summed E-state index contributed by atoms with van der Waals surface area (Å²) in [7, 11) is 1.52. The molecule has 4 nitrogen and oxygen atoms in total. The average molecular weight is 369 g/mol. The number of nitrogens with one attached hydrogen (secondary N) is 2. The Kier molecular flexibility index (Phi) is 4.02. The van der Waals surface area contributed by atoms with E-state index >= 15 is 0 Å². The molecular formula is C21H21F2N3O. The highest BCUT2D eigenvalue weighted by Gasteiger charge is 2.49. The summed E-state index contributed by atoms with van der Waals surface area (Å²) in [5, 5.41) is 11.1. The van der Waals surface area contributed by atoms with Crippen LogP contribution in [0.4, 0.5) is 8.78 Å². The van der Waals surface area contributed by atoms with Crippen molar-refractivity contribution in [2.24, 2.45) is 0 Å². The first-order valence-electron chi connectivity index (χ1n) is 9.01. The number of hydrogen-bond donors (Lipinski definition) is 2. The maximum Gasteiger partial charge on any atom is 0.239 e. The topological polar surface area (TPSA) is 56.2 Å². The quantitative estimate of drug-likeness (QED) is 0.864. The van der Waals surface area contributed by atoms with Gasteiger partial charge in [-0.1, -0.05) is 30.3 Å². The minimum atomic E-state index is -1.21. The minimum absolute atomic E-state index is 0.114. The predicted molar refractivity (Wildman–Crippen MR) is 98.5 cm³/mol. The molecule has 1 saturated carbocycles. The third-order valence-electron chi connectivity index (χ3n) is 5.68. The Morgan fingerprint density at radius 1 is 1.11 bits per heavy atom. The van der Waals surface area contributed by atoms with Crippen LogP contribution in [0.2, 0.25) is 0 Å². The highest BCUT2D eigenvalue weighted by molar-refractivity contribution is 6.02. The lowest BCUT2D eigenvalue weighted by Crippen LogP contribution is -2.62. The third kappa shape index (κ3) is 2.89. The SMILES string of the molecule is CN1C(=N)N[C@](C)(c2ccc(F)cc2F)[C@H](c2ccc(C3CC3)cc2)C1=O. The van der Waals surface area contributed by atoms with Crippen molar-refractivity contribution in [3.8, 4) is 0 Å². The molecule has 2 fully saturated rings. The smallest absolute Gasteiger partial charge is 0.239 e. The van der Waals surface area contributed by atoms with Gasteiger partial charge < -0.3 is 5.32 Å². The normalized spacial score (nSPS) is 25.5. The van der Waals surface area contributed by atoms with Crippen LogP contribution < -0.4 is 5.32 Å². The van der Waals surface area contributed by atoms with Crippen LogP contribution in [0.15, 0.2) is 42.5 Å². The van der Waals surface area contributed by atoms with Crippen molar-refractivity contribution in [2.75, 3.05) is 7.05 Å². The molecule has 4 rings (SSSR count). The number of benzene rings is 2. The van der Waals surface area contributed by atoms with Crippen molar-refractivity contribution < 1.29 is 13.6 Å². The summed E-state index contributed by atoms with van der Waals surface area (Å²) in [6.45, 7) is 1.68. The van der Waals surface area contributed by atoms with Gasteiger partial charge >= 0.3 is 0 Å². The molecule has 0 unspecified atom stereocenters. The Hall–Kier alpha value is -2.76. The molecule has 1 aliphatic carbocycles. The summed E-state index contributed by atoms with van der Waals surface area (Å²) in [6, 6.07) is 11.2. The second-order valence-electron chi connectivity index (χ2n) is 7.57. The molecule has 6 heteroatoms. The lowest BCUT2D eigenvalue weighted by Gasteiger charge is -2.46. The van der Waals surface area contributed by atoms with Gasteiger partial charge in [-0.05, 0) is 42.9 Å². The highest BCUT2D eigenvalue weighted by atomic mass is 19.1. The average Bonchev–Trinajstić information content (AvgIpc) is 3.45. The van der Waals surface area contributed by atoms with E-state index in [0.717, 1.165) is 11.6 Å². The molecule has 0 aromatic heterocycles. The molecule has 0 bridgehead atoms. The van der Waals surface area contributed by atoms with Crippen LogP contribution in [-0.4, -0.2) is 23.8 Å². The third-order valence-corrected chi connectivity index (χ3v) is 5.68. The van der Waals surface area contributed by atoms with Gasteiger partial charge in [-0.15, -0.1) is 0 Å². The number of hydrogen-bond acceptors (Lipinski definition) is 2. The highest BCUT2D eigenvalue weighted by Crippen LogP contribution is 2.44. The fraction of sp³-hybridized carbons (Fsp3) is 0.333. The number of guanidine groups is 1. The van der Waals surface area contributed by atoms with E-state index in [-0.39, 0.29) is 17.4 Å². The molecule has 0 spiro atoms. The van der Waals surface area contributed by atoms with Crippen molar-refractivity contribution in [1.82, 2.24) is 10.2 Å². The van der Waals surface area contributed by atoms with E-state index in [1.165, 1.54) is 42.5 Å². The zero-order valence-electron chi connectivity index (χ0n) is 15.2. The largest absolute Gasteiger partial charge is 0.346 e. The number of carbonyl (C=O) groups is 1. The Morgan fingerprint density at radius 3 is 2.33 bits per heavy atom. The zero-order valence-corrected chi connectivity index (χ0v) is 15.2. The van der Waals surface area contributed by atoms with Crippen LogP contribution in [0.5, 0.6) is 0 Å². The van der Waals surface area contributed by atoms with E-state index in [0.29, 0.717) is 5.92 Å². The summed E-state index contributed by atoms with van der Waals surface area (Å²) in [4.78, 5) is 14.3. The fourth-order valence-corrected chi connectivity index (χ4v) is 3.94. The molecule has 1 amide bonds. The van der Waals surface area contributed by atoms with E-state index in [9.17, 15) is 13.6 Å². The van der Waals surface area contributed by atoms with Crippen LogP contribution in [0.1, 0.15) is 48.3 Å². The number of nitrogens with zero attached hydrogens (tertiary/aromatic N) is 1. The second kappa shape index (κ2) is 6.15. The van der Waals surface area contributed by atoms with Crippen LogP contribution in [0.3, 0.4) is 0 Å². The summed E-state index contributed by atoms with van der Waals surface area (Å²) in [6.07, 6.45) is 2.36.